The normalized spacial score (nSPS) is 16.7. The van der Waals surface area contributed by atoms with Crippen LogP contribution in [0.4, 0.5) is 5.82 Å². The van der Waals surface area contributed by atoms with E-state index in [1.54, 1.807) is 25.3 Å². The molecule has 18 heavy (non-hydrogen) atoms. The number of aromatic nitrogens is 1. The van der Waals surface area contributed by atoms with Crippen LogP contribution in [-0.4, -0.2) is 36.7 Å². The van der Waals surface area contributed by atoms with Gasteiger partial charge in [-0.3, -0.25) is 0 Å². The number of rotatable bonds is 3. The first kappa shape index (κ1) is 12.8. The highest BCUT2D eigenvalue weighted by Crippen LogP contribution is 2.18. The molecule has 1 aliphatic heterocycles. The molecule has 0 spiro atoms. The zero-order valence-corrected chi connectivity index (χ0v) is 10.6. The number of hydrogen-bond donors (Lipinski definition) is 1. The van der Waals surface area contributed by atoms with E-state index in [2.05, 4.69) is 9.88 Å². The lowest BCUT2D eigenvalue weighted by molar-refractivity contribution is 0.0526. The second-order valence-corrected chi connectivity index (χ2v) is 4.45. The van der Waals surface area contributed by atoms with Gasteiger partial charge in [0.15, 0.2) is 0 Å². The topological polar surface area (TPSA) is 68.5 Å². The molecule has 2 heterocycles. The molecule has 5 nitrogen and oxygen atoms in total. The van der Waals surface area contributed by atoms with Crippen LogP contribution in [0.3, 0.4) is 0 Å². The molecule has 0 unspecified atom stereocenters. The lowest BCUT2D eigenvalue weighted by Gasteiger charge is -2.31. The van der Waals surface area contributed by atoms with Crippen molar-refractivity contribution in [2.45, 2.75) is 25.8 Å². The molecule has 0 bridgehead atoms. The average molecular weight is 249 g/mol. The van der Waals surface area contributed by atoms with Crippen LogP contribution < -0.4 is 10.6 Å². The summed E-state index contributed by atoms with van der Waals surface area (Å²) in [6.07, 6.45) is 3.58. The smallest absolute Gasteiger partial charge is 0.338 e. The molecule has 1 saturated heterocycles. The standard InChI is InChI=1S/C13H19N3O2/c1-2-18-13(17)10-3-6-15-12(9-10)16-7-4-11(14)5-8-16/h3,6,9,11H,2,4-5,7-8,14H2,1H3. The van der Waals surface area contributed by atoms with Crippen LogP contribution in [0.15, 0.2) is 18.3 Å². The first-order valence-electron chi connectivity index (χ1n) is 6.34. The number of piperidine rings is 1. The van der Waals surface area contributed by atoms with E-state index in [-0.39, 0.29) is 12.0 Å². The number of ether oxygens (including phenoxy) is 1. The highest BCUT2D eigenvalue weighted by molar-refractivity contribution is 5.90. The lowest BCUT2D eigenvalue weighted by atomic mass is 10.1. The van der Waals surface area contributed by atoms with Crippen molar-refractivity contribution in [3.8, 4) is 0 Å². The maximum atomic E-state index is 11.6. The SMILES string of the molecule is CCOC(=O)c1ccnc(N2CCC(N)CC2)c1. The summed E-state index contributed by atoms with van der Waals surface area (Å²) in [5.41, 5.74) is 6.42. The molecule has 1 fully saturated rings. The van der Waals surface area contributed by atoms with E-state index in [0.717, 1.165) is 31.7 Å². The Morgan fingerprint density at radius 3 is 2.94 bits per heavy atom. The van der Waals surface area contributed by atoms with Crippen LogP contribution >= 0.6 is 0 Å². The third-order valence-corrected chi connectivity index (χ3v) is 3.12. The number of carbonyl (C=O) groups excluding carboxylic acids is 1. The molecule has 2 rings (SSSR count). The predicted octanol–water partition coefficient (Wildman–Crippen LogP) is 1.19. The summed E-state index contributed by atoms with van der Waals surface area (Å²) in [6, 6.07) is 3.75. The van der Waals surface area contributed by atoms with Crippen molar-refractivity contribution < 1.29 is 9.53 Å². The van der Waals surface area contributed by atoms with Crippen molar-refractivity contribution in [3.05, 3.63) is 23.9 Å². The summed E-state index contributed by atoms with van der Waals surface area (Å²) in [4.78, 5) is 18.1. The maximum Gasteiger partial charge on any atom is 0.338 e. The van der Waals surface area contributed by atoms with Gasteiger partial charge >= 0.3 is 5.97 Å². The van der Waals surface area contributed by atoms with Crippen molar-refractivity contribution in [2.24, 2.45) is 5.73 Å². The predicted molar refractivity (Wildman–Crippen MR) is 69.6 cm³/mol. The van der Waals surface area contributed by atoms with Crippen molar-refractivity contribution in [2.75, 3.05) is 24.6 Å². The first-order chi connectivity index (χ1) is 8.70. The molecular formula is C13H19N3O2. The third kappa shape index (κ3) is 2.98. The van der Waals surface area contributed by atoms with Crippen molar-refractivity contribution in [1.29, 1.82) is 0 Å². The molecule has 0 aromatic carbocycles. The summed E-state index contributed by atoms with van der Waals surface area (Å²) in [6.45, 7) is 3.96. The molecule has 1 aliphatic rings. The molecular weight excluding hydrogens is 230 g/mol. The number of nitrogens with two attached hydrogens (primary N) is 1. The van der Waals surface area contributed by atoms with Gasteiger partial charge < -0.3 is 15.4 Å². The number of anilines is 1. The highest BCUT2D eigenvalue weighted by atomic mass is 16.5. The van der Waals surface area contributed by atoms with E-state index in [0.29, 0.717) is 12.2 Å². The largest absolute Gasteiger partial charge is 0.462 e. The fraction of sp³-hybridized carbons (Fsp3) is 0.538. The minimum absolute atomic E-state index is 0.287. The van der Waals surface area contributed by atoms with Crippen molar-refractivity contribution >= 4 is 11.8 Å². The molecule has 98 valence electrons. The number of pyridine rings is 1. The summed E-state index contributed by atoms with van der Waals surface area (Å²) >= 11 is 0. The number of nitrogens with zero attached hydrogens (tertiary/aromatic N) is 2. The van der Waals surface area contributed by atoms with E-state index in [9.17, 15) is 4.79 Å². The fourth-order valence-corrected chi connectivity index (χ4v) is 2.06. The zero-order valence-electron chi connectivity index (χ0n) is 10.6. The van der Waals surface area contributed by atoms with Gasteiger partial charge in [-0.25, -0.2) is 9.78 Å². The van der Waals surface area contributed by atoms with Gasteiger partial charge in [-0.05, 0) is 31.9 Å². The Morgan fingerprint density at radius 2 is 2.28 bits per heavy atom. The van der Waals surface area contributed by atoms with Gasteiger partial charge in [-0.1, -0.05) is 0 Å². The number of carbonyl (C=O) groups is 1. The second-order valence-electron chi connectivity index (χ2n) is 4.45. The Labute approximate surface area is 107 Å². The maximum absolute atomic E-state index is 11.6. The van der Waals surface area contributed by atoms with Gasteiger partial charge in [0, 0.05) is 25.3 Å². The molecule has 1 aromatic heterocycles. The minimum Gasteiger partial charge on any atom is -0.462 e. The number of hydrogen-bond acceptors (Lipinski definition) is 5. The summed E-state index contributed by atoms with van der Waals surface area (Å²) in [7, 11) is 0. The molecule has 0 radical (unpaired) electrons. The van der Waals surface area contributed by atoms with Gasteiger partial charge in [0.2, 0.25) is 0 Å². The molecule has 2 N–H and O–H groups in total. The van der Waals surface area contributed by atoms with E-state index in [1.807, 2.05) is 0 Å². The molecule has 0 amide bonds. The minimum atomic E-state index is -0.296. The van der Waals surface area contributed by atoms with E-state index < -0.39 is 0 Å². The van der Waals surface area contributed by atoms with Gasteiger partial charge in [0.25, 0.3) is 0 Å². The zero-order chi connectivity index (χ0) is 13.0. The van der Waals surface area contributed by atoms with Gasteiger partial charge in [-0.15, -0.1) is 0 Å². The van der Waals surface area contributed by atoms with E-state index >= 15 is 0 Å². The third-order valence-electron chi connectivity index (χ3n) is 3.12. The van der Waals surface area contributed by atoms with Gasteiger partial charge in [-0.2, -0.15) is 0 Å². The summed E-state index contributed by atoms with van der Waals surface area (Å²) in [5, 5.41) is 0. The Morgan fingerprint density at radius 1 is 1.56 bits per heavy atom. The molecule has 0 aliphatic carbocycles. The number of esters is 1. The van der Waals surface area contributed by atoms with E-state index in [4.69, 9.17) is 10.5 Å². The van der Waals surface area contributed by atoms with Gasteiger partial charge in [0.1, 0.15) is 5.82 Å². The fourth-order valence-electron chi connectivity index (χ4n) is 2.06. The van der Waals surface area contributed by atoms with Crippen LogP contribution in [-0.2, 0) is 4.74 Å². The Hall–Kier alpha value is -1.62. The quantitative estimate of drug-likeness (QED) is 0.815. The lowest BCUT2D eigenvalue weighted by Crippen LogP contribution is -2.40. The van der Waals surface area contributed by atoms with Crippen LogP contribution in [0.1, 0.15) is 30.1 Å². The summed E-state index contributed by atoms with van der Waals surface area (Å²) in [5.74, 6) is 0.530. The molecule has 1 aromatic rings. The van der Waals surface area contributed by atoms with Crippen LogP contribution in [0.2, 0.25) is 0 Å². The van der Waals surface area contributed by atoms with Crippen LogP contribution in [0, 0.1) is 0 Å². The molecule has 0 atom stereocenters. The van der Waals surface area contributed by atoms with Crippen molar-refractivity contribution in [3.63, 3.8) is 0 Å². The van der Waals surface area contributed by atoms with Gasteiger partial charge in [0.05, 0.1) is 12.2 Å². The second kappa shape index (κ2) is 5.82. The summed E-state index contributed by atoms with van der Waals surface area (Å²) < 4.78 is 4.98. The highest BCUT2D eigenvalue weighted by Gasteiger charge is 2.18. The van der Waals surface area contributed by atoms with Crippen LogP contribution in [0.5, 0.6) is 0 Å². The molecule has 5 heteroatoms. The van der Waals surface area contributed by atoms with E-state index in [1.165, 1.54) is 0 Å². The Balaban J connectivity index is 2.09. The Bertz CT molecular complexity index is 414. The Kier molecular flexibility index (Phi) is 4.15. The van der Waals surface area contributed by atoms with Crippen LogP contribution in [0.25, 0.3) is 0 Å². The average Bonchev–Trinajstić information content (AvgIpc) is 2.40. The van der Waals surface area contributed by atoms with Crippen molar-refractivity contribution in [1.82, 2.24) is 4.98 Å². The molecule has 0 saturated carbocycles. The first-order valence-corrected chi connectivity index (χ1v) is 6.34. The monoisotopic (exact) mass is 249 g/mol.